The van der Waals surface area contributed by atoms with Gasteiger partial charge in [0.2, 0.25) is 5.91 Å². The number of rotatable bonds is 2. The lowest BCUT2D eigenvalue weighted by atomic mass is 9.99. The molecule has 1 aliphatic heterocycles. The molecule has 0 saturated carbocycles. The summed E-state index contributed by atoms with van der Waals surface area (Å²) in [6.07, 6.45) is -3.35. The van der Waals surface area contributed by atoms with Gasteiger partial charge in [-0.3, -0.25) is 9.59 Å². The molecule has 4 rings (SSSR count). The Hall–Kier alpha value is -3.01. The number of benzene rings is 2. The first-order valence-electron chi connectivity index (χ1n) is 9.81. The summed E-state index contributed by atoms with van der Waals surface area (Å²) >= 11 is 3.37. The molecule has 1 saturated heterocycles. The van der Waals surface area contributed by atoms with Gasteiger partial charge in [-0.2, -0.15) is 13.2 Å². The molecule has 2 amide bonds. The molecule has 0 N–H and O–H groups in total. The van der Waals surface area contributed by atoms with Crippen LogP contribution < -0.4 is 0 Å². The van der Waals surface area contributed by atoms with Crippen molar-refractivity contribution in [3.8, 4) is 11.3 Å². The van der Waals surface area contributed by atoms with E-state index in [1.807, 2.05) is 0 Å². The number of fused-ring (bicyclic) bond motifs is 1. The number of hydrogen-bond donors (Lipinski definition) is 0. The van der Waals surface area contributed by atoms with E-state index in [0.717, 1.165) is 16.6 Å². The Labute approximate surface area is 190 Å². The van der Waals surface area contributed by atoms with Gasteiger partial charge < -0.3 is 9.80 Å². The van der Waals surface area contributed by atoms with Crippen LogP contribution in [-0.4, -0.2) is 57.8 Å². The van der Waals surface area contributed by atoms with Gasteiger partial charge in [0, 0.05) is 54.1 Å². The van der Waals surface area contributed by atoms with Gasteiger partial charge in [-0.25, -0.2) is 9.97 Å². The highest BCUT2D eigenvalue weighted by Gasteiger charge is 2.33. The molecule has 0 aliphatic carbocycles. The zero-order chi connectivity index (χ0) is 23.0. The van der Waals surface area contributed by atoms with E-state index in [4.69, 9.17) is 0 Å². The van der Waals surface area contributed by atoms with E-state index in [2.05, 4.69) is 25.9 Å². The summed E-state index contributed by atoms with van der Waals surface area (Å²) in [5.74, 6) is -0.611. The topological polar surface area (TPSA) is 66.4 Å². The summed E-state index contributed by atoms with van der Waals surface area (Å²) in [6, 6.07) is 8.53. The number of alkyl halides is 3. The second kappa shape index (κ2) is 8.50. The molecule has 166 valence electrons. The Bertz CT molecular complexity index is 1210. The molecule has 1 aromatic heterocycles. The molecular formula is C22H18BrF3N4O2. The average molecular weight is 507 g/mol. The largest absolute Gasteiger partial charge is 0.416 e. The summed E-state index contributed by atoms with van der Waals surface area (Å²) in [5, 5.41) is 0.565. The fourth-order valence-corrected chi connectivity index (χ4v) is 4.08. The van der Waals surface area contributed by atoms with Gasteiger partial charge in [0.05, 0.1) is 16.8 Å². The molecule has 1 fully saturated rings. The van der Waals surface area contributed by atoms with Crippen molar-refractivity contribution < 1.29 is 22.8 Å². The van der Waals surface area contributed by atoms with E-state index < -0.39 is 17.6 Å². The number of halogens is 4. The predicted molar refractivity (Wildman–Crippen MR) is 116 cm³/mol. The van der Waals surface area contributed by atoms with Gasteiger partial charge >= 0.3 is 6.18 Å². The molecule has 1 aliphatic rings. The third-order valence-electron chi connectivity index (χ3n) is 5.39. The van der Waals surface area contributed by atoms with Crippen molar-refractivity contribution in [2.75, 3.05) is 26.2 Å². The monoisotopic (exact) mass is 506 g/mol. The summed E-state index contributed by atoms with van der Waals surface area (Å²) < 4.78 is 41.8. The van der Waals surface area contributed by atoms with Crippen LogP contribution in [0.5, 0.6) is 0 Å². The number of aromatic nitrogens is 2. The highest BCUT2D eigenvalue weighted by atomic mass is 79.9. The van der Waals surface area contributed by atoms with Gasteiger partial charge in [0.25, 0.3) is 5.91 Å². The molecule has 3 aromatic rings. The zero-order valence-electron chi connectivity index (χ0n) is 17.0. The van der Waals surface area contributed by atoms with Gasteiger partial charge in [0.15, 0.2) is 0 Å². The summed E-state index contributed by atoms with van der Waals surface area (Å²) in [7, 11) is 0. The maximum Gasteiger partial charge on any atom is 0.416 e. The lowest BCUT2D eigenvalue weighted by Crippen LogP contribution is -2.50. The molecular weight excluding hydrogens is 489 g/mol. The van der Waals surface area contributed by atoms with Crippen molar-refractivity contribution in [2.24, 2.45) is 0 Å². The fraction of sp³-hybridized carbons (Fsp3) is 0.273. The van der Waals surface area contributed by atoms with Crippen LogP contribution >= 0.6 is 15.9 Å². The second-order valence-corrected chi connectivity index (χ2v) is 8.39. The maximum atomic E-state index is 13.7. The lowest BCUT2D eigenvalue weighted by molar-refractivity contribution is -0.137. The van der Waals surface area contributed by atoms with Crippen LogP contribution in [0.4, 0.5) is 13.2 Å². The molecule has 0 bridgehead atoms. The van der Waals surface area contributed by atoms with Crippen molar-refractivity contribution in [1.82, 2.24) is 19.8 Å². The minimum absolute atomic E-state index is 0.0761. The normalized spacial score (nSPS) is 14.7. The Kier molecular flexibility index (Phi) is 5.89. The number of carbonyl (C=O) groups is 2. The summed E-state index contributed by atoms with van der Waals surface area (Å²) in [4.78, 5) is 36.0. The van der Waals surface area contributed by atoms with Crippen LogP contribution in [0.15, 0.2) is 47.2 Å². The van der Waals surface area contributed by atoms with E-state index in [-0.39, 0.29) is 30.1 Å². The molecule has 2 aromatic carbocycles. The van der Waals surface area contributed by atoms with Crippen LogP contribution in [0.25, 0.3) is 22.2 Å². The van der Waals surface area contributed by atoms with Crippen molar-refractivity contribution in [3.63, 3.8) is 0 Å². The molecule has 0 atom stereocenters. The van der Waals surface area contributed by atoms with Crippen molar-refractivity contribution in [3.05, 3.63) is 58.3 Å². The first-order valence-corrected chi connectivity index (χ1v) is 10.6. The van der Waals surface area contributed by atoms with Crippen LogP contribution in [0.3, 0.4) is 0 Å². The van der Waals surface area contributed by atoms with E-state index in [0.29, 0.717) is 29.7 Å². The Morgan fingerprint density at radius 2 is 1.66 bits per heavy atom. The van der Waals surface area contributed by atoms with Crippen molar-refractivity contribution in [1.29, 1.82) is 0 Å². The van der Waals surface area contributed by atoms with Crippen LogP contribution in [0.2, 0.25) is 0 Å². The maximum absolute atomic E-state index is 13.7. The number of amides is 2. The number of nitrogens with zero attached hydrogens (tertiary/aromatic N) is 4. The minimum atomic E-state index is -4.64. The molecule has 6 nitrogen and oxygen atoms in total. The molecule has 0 spiro atoms. The third-order valence-corrected chi connectivity index (χ3v) is 5.88. The minimum Gasteiger partial charge on any atom is -0.339 e. The standard InChI is InChI=1S/C22H18BrF3N4O2/c1-13(31)29-4-6-30(7-5-29)21(32)15-8-14(9-16(10-15)22(24,25)26)20-18-11-17(23)2-3-19(18)27-12-28-20/h2-3,8-12H,4-7H2,1H3. The molecule has 32 heavy (non-hydrogen) atoms. The average Bonchev–Trinajstić information content (AvgIpc) is 2.77. The Morgan fingerprint density at radius 1 is 0.969 bits per heavy atom. The predicted octanol–water partition coefficient (Wildman–Crippen LogP) is 4.38. The summed E-state index contributed by atoms with van der Waals surface area (Å²) in [5.41, 5.74) is 0.0491. The first kappa shape index (κ1) is 22.2. The molecule has 0 radical (unpaired) electrons. The fourth-order valence-electron chi connectivity index (χ4n) is 3.72. The van der Waals surface area contributed by atoms with Crippen molar-refractivity contribution >= 4 is 38.6 Å². The highest BCUT2D eigenvalue weighted by Crippen LogP contribution is 2.35. The molecule has 0 unspecified atom stereocenters. The van der Waals surface area contributed by atoms with Crippen LogP contribution in [0, 0.1) is 0 Å². The van der Waals surface area contributed by atoms with Crippen LogP contribution in [-0.2, 0) is 11.0 Å². The zero-order valence-corrected chi connectivity index (χ0v) is 18.6. The second-order valence-electron chi connectivity index (χ2n) is 7.48. The smallest absolute Gasteiger partial charge is 0.339 e. The third kappa shape index (κ3) is 4.45. The van der Waals surface area contributed by atoms with Gasteiger partial charge in [-0.05, 0) is 36.4 Å². The van der Waals surface area contributed by atoms with E-state index in [1.165, 1.54) is 24.2 Å². The van der Waals surface area contributed by atoms with E-state index in [1.54, 1.807) is 23.1 Å². The summed E-state index contributed by atoms with van der Waals surface area (Å²) in [6.45, 7) is 2.65. The Balaban J connectivity index is 1.78. The molecule has 10 heteroatoms. The SMILES string of the molecule is CC(=O)N1CCN(C(=O)c2cc(-c3ncnc4ccc(Br)cc34)cc(C(F)(F)F)c2)CC1. The van der Waals surface area contributed by atoms with Crippen molar-refractivity contribution in [2.45, 2.75) is 13.1 Å². The molecule has 2 heterocycles. The first-order chi connectivity index (χ1) is 15.1. The van der Waals surface area contributed by atoms with E-state index >= 15 is 0 Å². The lowest BCUT2D eigenvalue weighted by Gasteiger charge is -2.34. The number of hydrogen-bond acceptors (Lipinski definition) is 4. The number of carbonyl (C=O) groups excluding carboxylic acids is 2. The van der Waals surface area contributed by atoms with Crippen LogP contribution in [0.1, 0.15) is 22.8 Å². The quantitative estimate of drug-likeness (QED) is 0.517. The van der Waals surface area contributed by atoms with E-state index in [9.17, 15) is 22.8 Å². The van der Waals surface area contributed by atoms with Gasteiger partial charge in [-0.1, -0.05) is 15.9 Å². The van der Waals surface area contributed by atoms with Gasteiger partial charge in [0.1, 0.15) is 6.33 Å². The van der Waals surface area contributed by atoms with Gasteiger partial charge in [-0.15, -0.1) is 0 Å². The number of piperazine rings is 1. The Morgan fingerprint density at radius 3 is 2.31 bits per heavy atom. The highest BCUT2D eigenvalue weighted by molar-refractivity contribution is 9.10.